The third-order valence-electron chi connectivity index (χ3n) is 2.38. The maximum absolute atomic E-state index is 11.8. The summed E-state index contributed by atoms with van der Waals surface area (Å²) in [7, 11) is 0. The molecule has 1 aliphatic rings. The van der Waals surface area contributed by atoms with Gasteiger partial charge in [0.25, 0.3) is 0 Å². The number of carbonyl (C=O) groups is 2. The van der Waals surface area contributed by atoms with Gasteiger partial charge in [-0.2, -0.15) is 0 Å². The lowest BCUT2D eigenvalue weighted by molar-refractivity contribution is -0.139. The van der Waals surface area contributed by atoms with Gasteiger partial charge in [-0.3, -0.25) is 14.5 Å². The van der Waals surface area contributed by atoms with Crippen molar-refractivity contribution in [2.75, 3.05) is 25.5 Å². The Labute approximate surface area is 101 Å². The topological polar surface area (TPSA) is 46.6 Å². The van der Waals surface area contributed by atoms with Crippen LogP contribution in [0.2, 0.25) is 0 Å². The van der Waals surface area contributed by atoms with E-state index in [1.54, 1.807) is 11.8 Å². The molecule has 1 rings (SSSR count). The molecular formula is C11H19NO3S. The Morgan fingerprint density at radius 2 is 2.12 bits per heavy atom. The minimum Gasteiger partial charge on any atom is -0.380 e. The summed E-state index contributed by atoms with van der Waals surface area (Å²) < 4.78 is 5.28. The van der Waals surface area contributed by atoms with Gasteiger partial charge in [0.1, 0.15) is 0 Å². The number of imide groups is 1. The highest BCUT2D eigenvalue weighted by Gasteiger charge is 2.37. The molecule has 1 aliphatic heterocycles. The molecule has 16 heavy (non-hydrogen) atoms. The second-order valence-electron chi connectivity index (χ2n) is 3.64. The van der Waals surface area contributed by atoms with Crippen LogP contribution in [0.5, 0.6) is 0 Å². The fourth-order valence-electron chi connectivity index (χ4n) is 1.62. The fraction of sp³-hybridized carbons (Fsp3) is 0.818. The van der Waals surface area contributed by atoms with Crippen LogP contribution in [-0.4, -0.2) is 47.5 Å². The lowest BCUT2D eigenvalue weighted by atomic mass is 10.4. The zero-order chi connectivity index (χ0) is 12.0. The van der Waals surface area contributed by atoms with Crippen LogP contribution in [0.1, 0.15) is 26.7 Å². The second-order valence-corrected chi connectivity index (χ2v) is 5.12. The molecule has 0 aliphatic carbocycles. The van der Waals surface area contributed by atoms with Gasteiger partial charge in [0.15, 0.2) is 0 Å². The average Bonchev–Trinajstić information content (AvgIpc) is 2.52. The molecule has 0 N–H and O–H groups in total. The predicted octanol–water partition coefficient (Wildman–Crippen LogP) is 1.29. The maximum Gasteiger partial charge on any atom is 0.242 e. The van der Waals surface area contributed by atoms with E-state index in [1.165, 1.54) is 4.90 Å². The number of hydrogen-bond acceptors (Lipinski definition) is 4. The highest BCUT2D eigenvalue weighted by atomic mass is 32.2. The third kappa shape index (κ3) is 3.49. The molecule has 2 amide bonds. The minimum absolute atomic E-state index is 0.0445. The van der Waals surface area contributed by atoms with Gasteiger partial charge >= 0.3 is 0 Å². The van der Waals surface area contributed by atoms with Crippen molar-refractivity contribution in [3.8, 4) is 0 Å². The summed E-state index contributed by atoms with van der Waals surface area (Å²) in [5.41, 5.74) is 0. The summed E-state index contributed by atoms with van der Waals surface area (Å²) in [6, 6.07) is 0. The van der Waals surface area contributed by atoms with Crippen molar-refractivity contribution in [2.24, 2.45) is 0 Å². The number of nitrogens with zero attached hydrogens (tertiary/aromatic N) is 1. The van der Waals surface area contributed by atoms with E-state index in [0.29, 0.717) is 26.2 Å². The summed E-state index contributed by atoms with van der Waals surface area (Å²) in [4.78, 5) is 24.7. The van der Waals surface area contributed by atoms with Crippen LogP contribution in [0, 0.1) is 0 Å². The van der Waals surface area contributed by atoms with E-state index < -0.39 is 0 Å². The van der Waals surface area contributed by atoms with Crippen molar-refractivity contribution in [1.29, 1.82) is 0 Å². The molecule has 1 atom stereocenters. The highest BCUT2D eigenvalue weighted by molar-refractivity contribution is 8.00. The first-order valence-electron chi connectivity index (χ1n) is 5.74. The lowest BCUT2D eigenvalue weighted by Gasteiger charge is -2.14. The van der Waals surface area contributed by atoms with Gasteiger partial charge in [0.05, 0.1) is 18.4 Å². The molecule has 0 spiro atoms. The molecule has 0 saturated carbocycles. The van der Waals surface area contributed by atoms with Crippen LogP contribution in [0.15, 0.2) is 0 Å². The predicted molar refractivity (Wildman–Crippen MR) is 64.4 cm³/mol. The van der Waals surface area contributed by atoms with Crippen molar-refractivity contribution < 1.29 is 14.3 Å². The summed E-state index contributed by atoms with van der Waals surface area (Å²) in [6.45, 7) is 5.56. The minimum atomic E-state index is -0.163. The third-order valence-corrected chi connectivity index (χ3v) is 3.48. The van der Waals surface area contributed by atoms with Crippen LogP contribution in [0.25, 0.3) is 0 Å². The van der Waals surface area contributed by atoms with Crippen LogP contribution in [0.3, 0.4) is 0 Å². The first kappa shape index (κ1) is 13.5. The van der Waals surface area contributed by atoms with Crippen molar-refractivity contribution in [3.05, 3.63) is 0 Å². The largest absolute Gasteiger partial charge is 0.380 e. The number of ether oxygens (including phenoxy) is 1. The molecule has 0 aromatic heterocycles. The summed E-state index contributed by atoms with van der Waals surface area (Å²) in [5, 5.41) is -0.163. The molecular weight excluding hydrogens is 226 g/mol. The van der Waals surface area contributed by atoms with E-state index in [4.69, 9.17) is 4.74 Å². The molecule has 1 heterocycles. The molecule has 5 heteroatoms. The first-order valence-corrected chi connectivity index (χ1v) is 6.79. The SMILES string of the molecule is CCCOCCN1C(=O)CC(SCC)C1=O. The number of hydrogen-bond donors (Lipinski definition) is 0. The van der Waals surface area contributed by atoms with E-state index in [1.807, 2.05) is 13.8 Å². The van der Waals surface area contributed by atoms with Crippen molar-refractivity contribution >= 4 is 23.6 Å². The number of likely N-dealkylation sites (tertiary alicyclic amines) is 1. The first-order chi connectivity index (χ1) is 7.70. The smallest absolute Gasteiger partial charge is 0.242 e. The molecule has 0 aromatic rings. The molecule has 1 unspecified atom stereocenters. The lowest BCUT2D eigenvalue weighted by Crippen LogP contribution is -2.34. The van der Waals surface area contributed by atoms with Crippen molar-refractivity contribution in [3.63, 3.8) is 0 Å². The number of amides is 2. The van der Waals surface area contributed by atoms with Crippen LogP contribution >= 0.6 is 11.8 Å². The standard InChI is InChI=1S/C11H19NO3S/c1-3-6-15-7-5-12-10(13)8-9(11(12)14)16-4-2/h9H,3-8H2,1-2H3. The van der Waals surface area contributed by atoms with E-state index in [0.717, 1.165) is 12.2 Å². The van der Waals surface area contributed by atoms with E-state index in [-0.39, 0.29) is 17.1 Å². The highest BCUT2D eigenvalue weighted by Crippen LogP contribution is 2.24. The van der Waals surface area contributed by atoms with Crippen LogP contribution < -0.4 is 0 Å². The fourth-order valence-corrected chi connectivity index (χ4v) is 2.55. The van der Waals surface area contributed by atoms with Crippen LogP contribution in [0.4, 0.5) is 0 Å². The van der Waals surface area contributed by atoms with Crippen molar-refractivity contribution in [1.82, 2.24) is 4.90 Å². The molecule has 0 aromatic carbocycles. The molecule has 92 valence electrons. The van der Waals surface area contributed by atoms with Gasteiger partial charge < -0.3 is 4.74 Å². The average molecular weight is 245 g/mol. The molecule has 1 fully saturated rings. The summed E-state index contributed by atoms with van der Waals surface area (Å²) in [6.07, 6.45) is 1.31. The molecule has 1 saturated heterocycles. The number of carbonyl (C=O) groups excluding carboxylic acids is 2. The van der Waals surface area contributed by atoms with Gasteiger partial charge in [-0.1, -0.05) is 13.8 Å². The van der Waals surface area contributed by atoms with E-state index >= 15 is 0 Å². The Morgan fingerprint density at radius 3 is 2.75 bits per heavy atom. The van der Waals surface area contributed by atoms with Gasteiger partial charge in [0, 0.05) is 13.0 Å². The van der Waals surface area contributed by atoms with Gasteiger partial charge in [0.2, 0.25) is 11.8 Å². The zero-order valence-corrected chi connectivity index (χ0v) is 10.7. The number of rotatable bonds is 7. The molecule has 4 nitrogen and oxygen atoms in total. The molecule has 0 radical (unpaired) electrons. The van der Waals surface area contributed by atoms with Gasteiger partial charge in [-0.05, 0) is 12.2 Å². The Morgan fingerprint density at radius 1 is 1.38 bits per heavy atom. The monoisotopic (exact) mass is 245 g/mol. The molecule has 0 bridgehead atoms. The van der Waals surface area contributed by atoms with Gasteiger partial charge in [-0.15, -0.1) is 11.8 Å². The second kappa shape index (κ2) is 6.91. The van der Waals surface area contributed by atoms with Gasteiger partial charge in [-0.25, -0.2) is 0 Å². The zero-order valence-electron chi connectivity index (χ0n) is 9.90. The number of thioether (sulfide) groups is 1. The Kier molecular flexibility index (Phi) is 5.84. The summed E-state index contributed by atoms with van der Waals surface area (Å²) in [5.74, 6) is 0.761. The summed E-state index contributed by atoms with van der Waals surface area (Å²) >= 11 is 1.55. The normalized spacial score (nSPS) is 20.9. The van der Waals surface area contributed by atoms with Crippen molar-refractivity contribution in [2.45, 2.75) is 31.9 Å². The van der Waals surface area contributed by atoms with E-state index in [9.17, 15) is 9.59 Å². The quantitative estimate of drug-likeness (QED) is 0.501. The van der Waals surface area contributed by atoms with E-state index in [2.05, 4.69) is 0 Å². The Hall–Kier alpha value is -0.550. The Balaban J connectivity index is 2.36. The maximum atomic E-state index is 11.8. The van der Waals surface area contributed by atoms with Crippen LogP contribution in [-0.2, 0) is 14.3 Å². The Bertz CT molecular complexity index is 258.